The second-order valence-electron chi connectivity index (χ2n) is 5.35. The molecule has 0 heterocycles. The largest absolute Gasteiger partial charge is 0.461 e. The molecule has 0 bridgehead atoms. The van der Waals surface area contributed by atoms with Crippen LogP contribution in [0.3, 0.4) is 0 Å². The van der Waals surface area contributed by atoms with Gasteiger partial charge in [-0.3, -0.25) is 0 Å². The first-order valence-corrected chi connectivity index (χ1v) is 7.67. The van der Waals surface area contributed by atoms with Crippen molar-refractivity contribution in [2.75, 3.05) is 25.1 Å². The van der Waals surface area contributed by atoms with E-state index in [4.69, 9.17) is 4.74 Å². The van der Waals surface area contributed by atoms with Gasteiger partial charge in [-0.1, -0.05) is 18.7 Å². The molecule has 5 heteroatoms. The molecule has 0 N–H and O–H groups in total. The number of benzene rings is 2. The van der Waals surface area contributed by atoms with Crippen LogP contribution >= 0.6 is 0 Å². The van der Waals surface area contributed by atoms with E-state index in [9.17, 15) is 4.79 Å². The van der Waals surface area contributed by atoms with Gasteiger partial charge in [0.15, 0.2) is 0 Å². The van der Waals surface area contributed by atoms with Gasteiger partial charge in [0.05, 0.1) is 17.9 Å². The number of anilines is 1. The van der Waals surface area contributed by atoms with Crippen molar-refractivity contribution in [2.45, 2.75) is 6.92 Å². The van der Waals surface area contributed by atoms with E-state index in [1.54, 1.807) is 0 Å². The average Bonchev–Trinajstić information content (AvgIpc) is 2.60. The Morgan fingerprint density at radius 1 is 1.17 bits per heavy atom. The van der Waals surface area contributed by atoms with E-state index in [0.717, 1.165) is 28.7 Å². The van der Waals surface area contributed by atoms with Gasteiger partial charge in [0.2, 0.25) is 0 Å². The zero-order chi connectivity index (χ0) is 17.4. The lowest BCUT2D eigenvalue weighted by atomic mass is 10.2. The number of carbonyl (C=O) groups is 1. The van der Waals surface area contributed by atoms with Gasteiger partial charge in [-0.2, -0.15) is 10.2 Å². The van der Waals surface area contributed by atoms with Crippen molar-refractivity contribution in [3.63, 3.8) is 0 Å². The van der Waals surface area contributed by atoms with Crippen LogP contribution in [0, 0.1) is 6.92 Å². The number of likely N-dealkylation sites (N-methyl/N-ethyl adjacent to an activating group) is 1. The number of hydrogen-bond donors (Lipinski definition) is 0. The Morgan fingerprint density at radius 3 is 2.54 bits per heavy atom. The molecule has 2 rings (SSSR count). The van der Waals surface area contributed by atoms with Crippen LogP contribution in [0.2, 0.25) is 0 Å². The van der Waals surface area contributed by atoms with Gasteiger partial charge >= 0.3 is 5.97 Å². The number of carbonyl (C=O) groups excluding carboxylic acids is 1. The molecular weight excluding hydrogens is 302 g/mol. The molecule has 0 atom stereocenters. The first kappa shape index (κ1) is 17.4. The fraction of sp³-hybridized carbons (Fsp3) is 0.211. The van der Waals surface area contributed by atoms with Gasteiger partial charge < -0.3 is 9.64 Å². The number of rotatable bonds is 7. The first-order chi connectivity index (χ1) is 11.6. The van der Waals surface area contributed by atoms with E-state index in [0.29, 0.717) is 13.2 Å². The van der Waals surface area contributed by atoms with Crippen molar-refractivity contribution in [3.05, 3.63) is 66.7 Å². The minimum atomic E-state index is -0.407. The van der Waals surface area contributed by atoms with Crippen molar-refractivity contribution in [3.8, 4) is 0 Å². The summed E-state index contributed by atoms with van der Waals surface area (Å²) >= 11 is 0. The van der Waals surface area contributed by atoms with Crippen molar-refractivity contribution in [1.29, 1.82) is 0 Å². The molecule has 0 aliphatic carbocycles. The minimum absolute atomic E-state index is 0.316. The number of ether oxygens (including phenoxy) is 1. The van der Waals surface area contributed by atoms with Gasteiger partial charge in [0, 0.05) is 18.8 Å². The maximum Gasteiger partial charge on any atom is 0.330 e. The monoisotopic (exact) mass is 323 g/mol. The van der Waals surface area contributed by atoms with Crippen LogP contribution in [0.25, 0.3) is 0 Å². The Kier molecular flexibility index (Phi) is 6.25. The third kappa shape index (κ3) is 5.35. The van der Waals surface area contributed by atoms with Crippen LogP contribution in [0.4, 0.5) is 17.1 Å². The molecule has 5 nitrogen and oxygen atoms in total. The van der Waals surface area contributed by atoms with E-state index in [1.807, 2.05) is 67.4 Å². The van der Waals surface area contributed by atoms with Crippen molar-refractivity contribution in [1.82, 2.24) is 0 Å². The molecule has 2 aromatic rings. The highest BCUT2D eigenvalue weighted by Crippen LogP contribution is 2.22. The summed E-state index contributed by atoms with van der Waals surface area (Å²) in [5, 5.41) is 8.48. The topological polar surface area (TPSA) is 54.3 Å². The summed E-state index contributed by atoms with van der Waals surface area (Å²) in [7, 11) is 1.94. The summed E-state index contributed by atoms with van der Waals surface area (Å²) in [6.45, 7) is 6.30. The molecule has 2 aromatic carbocycles. The third-order valence-corrected chi connectivity index (χ3v) is 3.41. The smallest absolute Gasteiger partial charge is 0.330 e. The highest BCUT2D eigenvalue weighted by atomic mass is 16.5. The third-order valence-electron chi connectivity index (χ3n) is 3.41. The Labute approximate surface area is 142 Å². The quantitative estimate of drug-likeness (QED) is 0.426. The zero-order valence-corrected chi connectivity index (χ0v) is 14.0. The summed E-state index contributed by atoms with van der Waals surface area (Å²) in [6.07, 6.45) is 1.16. The minimum Gasteiger partial charge on any atom is -0.461 e. The number of azo groups is 1. The van der Waals surface area contributed by atoms with Crippen molar-refractivity contribution < 1.29 is 9.53 Å². The lowest BCUT2D eigenvalue weighted by Crippen LogP contribution is -2.23. The Morgan fingerprint density at radius 2 is 1.88 bits per heavy atom. The molecule has 0 amide bonds. The molecule has 0 aliphatic rings. The molecule has 24 heavy (non-hydrogen) atoms. The second-order valence-corrected chi connectivity index (χ2v) is 5.35. The maximum absolute atomic E-state index is 11.0. The fourth-order valence-electron chi connectivity index (χ4n) is 2.05. The molecule has 124 valence electrons. The molecule has 0 aliphatic heterocycles. The van der Waals surface area contributed by atoms with Crippen molar-refractivity contribution in [2.24, 2.45) is 10.2 Å². The van der Waals surface area contributed by atoms with E-state index in [2.05, 4.69) is 16.8 Å². The summed E-state index contributed by atoms with van der Waals surface area (Å²) in [4.78, 5) is 13.0. The van der Waals surface area contributed by atoms with Gasteiger partial charge in [0.25, 0.3) is 0 Å². The summed E-state index contributed by atoms with van der Waals surface area (Å²) in [5.74, 6) is -0.407. The Bertz CT molecular complexity index is 724. The predicted molar refractivity (Wildman–Crippen MR) is 96.2 cm³/mol. The van der Waals surface area contributed by atoms with Gasteiger partial charge in [-0.05, 0) is 48.9 Å². The number of esters is 1. The molecule has 0 saturated carbocycles. The number of aryl methyl sites for hydroxylation is 1. The van der Waals surface area contributed by atoms with E-state index < -0.39 is 5.97 Å². The van der Waals surface area contributed by atoms with Crippen LogP contribution in [-0.2, 0) is 9.53 Å². The van der Waals surface area contributed by atoms with Gasteiger partial charge in [-0.15, -0.1) is 0 Å². The van der Waals surface area contributed by atoms with E-state index >= 15 is 0 Å². The molecule has 0 fully saturated rings. The molecular formula is C19H21N3O2. The summed E-state index contributed by atoms with van der Waals surface area (Å²) in [5.41, 5.74) is 3.78. The Balaban J connectivity index is 1.92. The molecule has 0 unspecified atom stereocenters. The lowest BCUT2D eigenvalue weighted by molar-refractivity contribution is -0.137. The van der Waals surface area contributed by atoms with Crippen molar-refractivity contribution >= 4 is 23.0 Å². The van der Waals surface area contributed by atoms with Crippen LogP contribution in [-0.4, -0.2) is 26.2 Å². The highest BCUT2D eigenvalue weighted by molar-refractivity contribution is 5.81. The number of nitrogens with zero attached hydrogens (tertiary/aromatic N) is 3. The highest BCUT2D eigenvalue weighted by Gasteiger charge is 2.02. The average molecular weight is 323 g/mol. The molecule has 0 radical (unpaired) electrons. The van der Waals surface area contributed by atoms with E-state index in [-0.39, 0.29) is 0 Å². The SMILES string of the molecule is C=CC(=O)OCCN(C)c1ccc(N=Nc2cccc(C)c2)cc1. The van der Waals surface area contributed by atoms with Crippen LogP contribution in [0.1, 0.15) is 5.56 Å². The summed E-state index contributed by atoms with van der Waals surface area (Å²) < 4.78 is 4.97. The first-order valence-electron chi connectivity index (χ1n) is 7.67. The maximum atomic E-state index is 11.0. The molecule has 0 spiro atoms. The Hall–Kier alpha value is -2.95. The standard InChI is InChI=1S/C19H21N3O2/c1-4-19(23)24-13-12-22(3)18-10-8-16(9-11-18)20-21-17-7-5-6-15(2)14-17/h4-11,14H,1,12-13H2,2-3H3. The molecule has 0 aromatic heterocycles. The van der Waals surface area contributed by atoms with Crippen LogP contribution in [0.15, 0.2) is 71.4 Å². The molecule has 0 saturated heterocycles. The van der Waals surface area contributed by atoms with Crippen LogP contribution < -0.4 is 4.90 Å². The van der Waals surface area contributed by atoms with E-state index in [1.165, 1.54) is 0 Å². The number of hydrogen-bond acceptors (Lipinski definition) is 5. The zero-order valence-electron chi connectivity index (χ0n) is 14.0. The summed E-state index contributed by atoms with van der Waals surface area (Å²) in [6, 6.07) is 15.6. The van der Waals surface area contributed by atoms with Gasteiger partial charge in [0.1, 0.15) is 6.61 Å². The van der Waals surface area contributed by atoms with Crippen LogP contribution in [0.5, 0.6) is 0 Å². The van der Waals surface area contributed by atoms with Gasteiger partial charge in [-0.25, -0.2) is 4.79 Å². The lowest BCUT2D eigenvalue weighted by Gasteiger charge is -2.18. The predicted octanol–water partition coefficient (Wildman–Crippen LogP) is 4.58. The second kappa shape index (κ2) is 8.62. The normalized spacial score (nSPS) is 10.6. The fourth-order valence-corrected chi connectivity index (χ4v) is 2.05.